The van der Waals surface area contributed by atoms with E-state index in [9.17, 15) is 0 Å². The van der Waals surface area contributed by atoms with Crippen LogP contribution in [0.4, 0.5) is 0 Å². The summed E-state index contributed by atoms with van der Waals surface area (Å²) in [7, 11) is 0.128. The second-order valence-electron chi connectivity index (χ2n) is 4.58. The van der Waals surface area contributed by atoms with E-state index in [-0.39, 0.29) is 15.0 Å². The van der Waals surface area contributed by atoms with Crippen molar-refractivity contribution in [2.75, 3.05) is 45.0 Å². The Morgan fingerprint density at radius 2 is 2.20 bits per heavy atom. The topological polar surface area (TPSA) is 24.5 Å². The van der Waals surface area contributed by atoms with Crippen molar-refractivity contribution in [1.29, 1.82) is 0 Å². The van der Waals surface area contributed by atoms with Crippen LogP contribution in [-0.2, 0) is 25.4 Å². The molecule has 2 rings (SSSR count). The molecule has 0 aromatic carbocycles. The van der Waals surface area contributed by atoms with Crippen molar-refractivity contribution < 1.29 is 4.74 Å². The summed E-state index contributed by atoms with van der Waals surface area (Å²) < 4.78 is 5.58. The van der Waals surface area contributed by atoms with Crippen molar-refractivity contribution in [3.8, 4) is 0 Å². The lowest BCUT2D eigenvalue weighted by Crippen LogP contribution is -2.59. The molecule has 3 nitrogen and oxygen atoms in total. The third kappa shape index (κ3) is 3.20. The minimum atomic E-state index is 0.128. The Bertz CT molecular complexity index is 232. The average molecular weight is 248 g/mol. The van der Waals surface area contributed by atoms with E-state index in [1.807, 2.05) is 0 Å². The maximum atomic E-state index is 5.58. The Labute approximate surface area is 99.1 Å². The molecule has 2 saturated heterocycles. The molecule has 0 bridgehead atoms. The molecular formula is C10H20N2OS2. The smallest absolute Gasteiger partial charge is 0.0649 e. The standard InChI is InChI=1S/C10H20N2OS2/c1-15(14)9-12-5-2-10(3-6-12)8-13-7-4-11-10/h11H,2-9H2,1H3. The van der Waals surface area contributed by atoms with E-state index in [0.717, 1.165) is 25.6 Å². The molecule has 5 heteroatoms. The molecule has 0 aliphatic carbocycles. The average Bonchev–Trinajstić information content (AvgIpc) is 2.23. The highest BCUT2D eigenvalue weighted by atomic mass is 32.8. The first-order valence-electron chi connectivity index (χ1n) is 5.55. The number of ether oxygens (including phenoxy) is 1. The van der Waals surface area contributed by atoms with Crippen LogP contribution in [-0.4, -0.2) is 55.4 Å². The van der Waals surface area contributed by atoms with E-state index in [4.69, 9.17) is 15.9 Å². The van der Waals surface area contributed by atoms with Gasteiger partial charge in [0.25, 0.3) is 0 Å². The van der Waals surface area contributed by atoms with Gasteiger partial charge in [0.1, 0.15) is 0 Å². The fourth-order valence-corrected chi connectivity index (χ4v) is 3.61. The summed E-state index contributed by atoms with van der Waals surface area (Å²) in [5.74, 6) is 1.09. The van der Waals surface area contributed by atoms with Crippen LogP contribution in [0.25, 0.3) is 0 Å². The van der Waals surface area contributed by atoms with Crippen molar-refractivity contribution >= 4 is 20.6 Å². The highest BCUT2D eigenvalue weighted by Gasteiger charge is 2.35. The quantitative estimate of drug-likeness (QED) is 0.750. The van der Waals surface area contributed by atoms with E-state index >= 15 is 0 Å². The number of morpholine rings is 1. The Hall–Kier alpha value is 0.450. The van der Waals surface area contributed by atoms with Gasteiger partial charge in [-0.1, -0.05) is 11.2 Å². The number of hydrogen-bond acceptors (Lipinski definition) is 4. The molecule has 2 fully saturated rings. The molecule has 0 aromatic heterocycles. The lowest BCUT2D eigenvalue weighted by Gasteiger charge is -2.44. The Kier molecular flexibility index (Phi) is 4.12. The molecular weight excluding hydrogens is 228 g/mol. The van der Waals surface area contributed by atoms with E-state index in [1.165, 1.54) is 25.9 Å². The second kappa shape index (κ2) is 5.19. The van der Waals surface area contributed by atoms with Gasteiger partial charge in [-0.3, -0.25) is 4.90 Å². The number of likely N-dealkylation sites (tertiary alicyclic amines) is 1. The summed E-state index contributed by atoms with van der Waals surface area (Å²) in [4.78, 5) is 2.50. The Balaban J connectivity index is 1.82. The second-order valence-corrected chi connectivity index (χ2v) is 7.69. The minimum Gasteiger partial charge on any atom is -0.378 e. The van der Waals surface area contributed by atoms with Crippen LogP contribution >= 0.6 is 0 Å². The van der Waals surface area contributed by atoms with Gasteiger partial charge in [0.2, 0.25) is 0 Å². The highest BCUT2D eigenvalue weighted by Crippen LogP contribution is 2.24. The normalized spacial score (nSPS) is 29.1. The zero-order valence-corrected chi connectivity index (χ0v) is 11.0. The summed E-state index contributed by atoms with van der Waals surface area (Å²) in [5.41, 5.74) is 0.280. The van der Waals surface area contributed by atoms with Gasteiger partial charge in [-0.25, -0.2) is 0 Å². The van der Waals surface area contributed by atoms with Gasteiger partial charge in [-0.2, -0.15) is 0 Å². The number of piperidine rings is 1. The van der Waals surface area contributed by atoms with Gasteiger partial charge < -0.3 is 10.1 Å². The zero-order valence-electron chi connectivity index (χ0n) is 9.33. The summed E-state index contributed by atoms with van der Waals surface area (Å²) in [6.07, 6.45) is 4.56. The van der Waals surface area contributed by atoms with E-state index in [0.29, 0.717) is 0 Å². The minimum absolute atomic E-state index is 0.128. The van der Waals surface area contributed by atoms with Gasteiger partial charge >= 0.3 is 0 Å². The molecule has 0 aromatic rings. The van der Waals surface area contributed by atoms with Crippen molar-refractivity contribution in [3.05, 3.63) is 0 Å². The molecule has 1 unspecified atom stereocenters. The maximum absolute atomic E-state index is 5.58. The molecule has 1 atom stereocenters. The van der Waals surface area contributed by atoms with Crippen LogP contribution < -0.4 is 5.32 Å². The number of hydrogen-bond donors (Lipinski definition) is 1. The fourth-order valence-electron chi connectivity index (χ4n) is 2.40. The highest BCUT2D eigenvalue weighted by molar-refractivity contribution is 8.28. The lowest BCUT2D eigenvalue weighted by molar-refractivity contribution is -0.00252. The molecule has 2 heterocycles. The molecule has 15 heavy (non-hydrogen) atoms. The number of nitrogens with zero attached hydrogens (tertiary/aromatic N) is 1. The Morgan fingerprint density at radius 1 is 1.47 bits per heavy atom. The molecule has 2 aliphatic heterocycles. The van der Waals surface area contributed by atoms with Crippen molar-refractivity contribution in [2.24, 2.45) is 0 Å². The Morgan fingerprint density at radius 3 is 2.73 bits per heavy atom. The molecule has 1 spiro atoms. The van der Waals surface area contributed by atoms with Gasteiger partial charge in [0.05, 0.1) is 13.2 Å². The van der Waals surface area contributed by atoms with Crippen LogP contribution in [0.15, 0.2) is 0 Å². The molecule has 2 aliphatic rings. The van der Waals surface area contributed by atoms with Gasteiger partial charge in [0.15, 0.2) is 0 Å². The predicted octanol–water partition coefficient (Wildman–Crippen LogP) is 0.108. The van der Waals surface area contributed by atoms with E-state index < -0.39 is 0 Å². The monoisotopic (exact) mass is 248 g/mol. The summed E-state index contributed by atoms with van der Waals surface area (Å²) in [5, 5.41) is 3.63. The van der Waals surface area contributed by atoms with Crippen LogP contribution in [0.5, 0.6) is 0 Å². The maximum Gasteiger partial charge on any atom is 0.0649 e. The first-order valence-corrected chi connectivity index (χ1v) is 8.28. The summed E-state index contributed by atoms with van der Waals surface area (Å²) in [6, 6.07) is 0. The number of rotatable bonds is 2. The van der Waals surface area contributed by atoms with Crippen molar-refractivity contribution in [3.63, 3.8) is 0 Å². The van der Waals surface area contributed by atoms with E-state index in [2.05, 4.69) is 16.5 Å². The third-order valence-electron chi connectivity index (χ3n) is 3.30. The van der Waals surface area contributed by atoms with Crippen LogP contribution in [0.2, 0.25) is 0 Å². The van der Waals surface area contributed by atoms with Crippen LogP contribution in [0, 0.1) is 0 Å². The zero-order chi connectivity index (χ0) is 10.7. The van der Waals surface area contributed by atoms with Crippen LogP contribution in [0.1, 0.15) is 12.8 Å². The summed E-state index contributed by atoms with van der Waals surface area (Å²) >= 11 is 5.25. The SMILES string of the molecule is CS(=S)CN1CCC2(CC1)COCCN2. The fraction of sp³-hybridized carbons (Fsp3) is 1.00. The summed E-state index contributed by atoms with van der Waals surface area (Å²) in [6.45, 7) is 5.12. The van der Waals surface area contributed by atoms with Gasteiger partial charge in [0, 0.05) is 31.0 Å². The molecule has 0 saturated carbocycles. The van der Waals surface area contributed by atoms with Crippen LogP contribution in [0.3, 0.4) is 0 Å². The largest absolute Gasteiger partial charge is 0.378 e. The van der Waals surface area contributed by atoms with Gasteiger partial charge in [-0.15, -0.1) is 9.45 Å². The molecule has 0 radical (unpaired) electrons. The van der Waals surface area contributed by atoms with Gasteiger partial charge in [-0.05, 0) is 19.1 Å². The third-order valence-corrected chi connectivity index (χ3v) is 4.35. The molecule has 88 valence electrons. The first kappa shape index (κ1) is 11.9. The first-order chi connectivity index (χ1) is 7.20. The lowest BCUT2D eigenvalue weighted by atomic mass is 9.88. The predicted molar refractivity (Wildman–Crippen MR) is 67.9 cm³/mol. The molecule has 1 N–H and O–H groups in total. The molecule has 0 amide bonds. The van der Waals surface area contributed by atoms with E-state index in [1.54, 1.807) is 0 Å². The van der Waals surface area contributed by atoms with Crippen molar-refractivity contribution in [2.45, 2.75) is 18.4 Å². The number of nitrogens with one attached hydrogen (secondary N) is 1. The van der Waals surface area contributed by atoms with Crippen molar-refractivity contribution in [1.82, 2.24) is 10.2 Å².